The molecule has 0 aliphatic carbocycles. The van der Waals surface area contributed by atoms with E-state index in [9.17, 15) is 4.79 Å². The second-order valence-electron chi connectivity index (χ2n) is 3.11. The Morgan fingerprint density at radius 3 is 3.08 bits per heavy atom. The molecule has 1 aliphatic rings. The summed E-state index contributed by atoms with van der Waals surface area (Å²) in [5.41, 5.74) is 0.966. The van der Waals surface area contributed by atoms with Crippen LogP contribution in [0.25, 0.3) is 0 Å². The number of carbonyl (C=O) groups excluding carboxylic acids is 1. The van der Waals surface area contributed by atoms with Crippen molar-refractivity contribution in [3.8, 4) is 0 Å². The van der Waals surface area contributed by atoms with E-state index in [1.54, 1.807) is 6.08 Å². The van der Waals surface area contributed by atoms with Gasteiger partial charge in [-0.3, -0.25) is 4.79 Å². The van der Waals surface area contributed by atoms with Crippen molar-refractivity contribution in [1.29, 1.82) is 0 Å². The molecule has 68 valence electrons. The van der Waals surface area contributed by atoms with Gasteiger partial charge >= 0.3 is 0 Å². The van der Waals surface area contributed by atoms with Gasteiger partial charge < -0.3 is 10.4 Å². The number of hydrogen-bond acceptors (Lipinski definition) is 3. The fourth-order valence-electron chi connectivity index (χ4n) is 1.37. The summed E-state index contributed by atoms with van der Waals surface area (Å²) in [4.78, 5) is 11.1. The van der Waals surface area contributed by atoms with E-state index in [2.05, 4.69) is 12.2 Å². The Hall–Kier alpha value is -0.830. The molecular weight excluding hydrogens is 154 g/mol. The fourth-order valence-corrected chi connectivity index (χ4v) is 1.37. The zero-order chi connectivity index (χ0) is 8.97. The average molecular weight is 169 g/mol. The molecule has 0 radical (unpaired) electrons. The molecule has 1 heterocycles. The van der Waals surface area contributed by atoms with Crippen LogP contribution in [-0.4, -0.2) is 23.5 Å². The molecule has 3 nitrogen and oxygen atoms in total. The average Bonchev–Trinajstić information content (AvgIpc) is 2.04. The molecule has 0 aromatic carbocycles. The van der Waals surface area contributed by atoms with Gasteiger partial charge in [0.05, 0.1) is 12.6 Å². The molecule has 0 aromatic rings. The van der Waals surface area contributed by atoms with E-state index < -0.39 is 0 Å². The quantitative estimate of drug-likeness (QED) is 0.650. The van der Waals surface area contributed by atoms with Crippen LogP contribution in [0.5, 0.6) is 0 Å². The summed E-state index contributed by atoms with van der Waals surface area (Å²) in [5, 5.41) is 12.0. The van der Waals surface area contributed by atoms with Gasteiger partial charge in [0, 0.05) is 18.2 Å². The summed E-state index contributed by atoms with van der Waals surface area (Å²) >= 11 is 0. The molecule has 0 bridgehead atoms. The first-order valence-corrected chi connectivity index (χ1v) is 4.37. The van der Waals surface area contributed by atoms with Crippen molar-refractivity contribution >= 4 is 5.78 Å². The van der Waals surface area contributed by atoms with E-state index in [-0.39, 0.29) is 18.4 Å². The SMILES string of the molecule is CCCC1=CC(=O)C[C@H](CO)N1. The highest BCUT2D eigenvalue weighted by molar-refractivity contribution is 5.91. The van der Waals surface area contributed by atoms with Crippen LogP contribution in [0.15, 0.2) is 11.8 Å². The minimum absolute atomic E-state index is 0.0345. The van der Waals surface area contributed by atoms with Gasteiger partial charge in [-0.25, -0.2) is 0 Å². The van der Waals surface area contributed by atoms with Crippen molar-refractivity contribution in [2.75, 3.05) is 6.61 Å². The van der Waals surface area contributed by atoms with Crippen LogP contribution in [0, 0.1) is 0 Å². The molecule has 0 unspecified atom stereocenters. The van der Waals surface area contributed by atoms with Crippen LogP contribution in [0.3, 0.4) is 0 Å². The zero-order valence-corrected chi connectivity index (χ0v) is 7.34. The van der Waals surface area contributed by atoms with Gasteiger partial charge in [0.15, 0.2) is 5.78 Å². The summed E-state index contributed by atoms with van der Waals surface area (Å²) in [5.74, 6) is 0.122. The van der Waals surface area contributed by atoms with Crippen LogP contribution in [0.2, 0.25) is 0 Å². The van der Waals surface area contributed by atoms with Crippen molar-refractivity contribution in [3.05, 3.63) is 11.8 Å². The van der Waals surface area contributed by atoms with Crippen molar-refractivity contribution in [2.45, 2.75) is 32.2 Å². The molecule has 3 heteroatoms. The van der Waals surface area contributed by atoms with Gasteiger partial charge in [-0.1, -0.05) is 13.3 Å². The maximum atomic E-state index is 11.1. The van der Waals surface area contributed by atoms with Crippen LogP contribution in [0.1, 0.15) is 26.2 Å². The number of aliphatic hydroxyl groups excluding tert-OH is 1. The second kappa shape index (κ2) is 4.26. The van der Waals surface area contributed by atoms with Gasteiger partial charge in [-0.15, -0.1) is 0 Å². The van der Waals surface area contributed by atoms with E-state index in [4.69, 9.17) is 5.11 Å². The van der Waals surface area contributed by atoms with E-state index >= 15 is 0 Å². The van der Waals surface area contributed by atoms with E-state index in [0.717, 1.165) is 18.5 Å². The van der Waals surface area contributed by atoms with Gasteiger partial charge in [-0.2, -0.15) is 0 Å². The van der Waals surface area contributed by atoms with Crippen LogP contribution in [-0.2, 0) is 4.79 Å². The lowest BCUT2D eigenvalue weighted by Crippen LogP contribution is -2.37. The van der Waals surface area contributed by atoms with Crippen LogP contribution in [0.4, 0.5) is 0 Å². The Morgan fingerprint density at radius 2 is 2.50 bits per heavy atom. The molecule has 1 atom stereocenters. The van der Waals surface area contributed by atoms with Crippen molar-refractivity contribution in [3.63, 3.8) is 0 Å². The number of aliphatic hydroxyl groups is 1. The molecule has 0 spiro atoms. The monoisotopic (exact) mass is 169 g/mol. The molecular formula is C9H15NO2. The number of carbonyl (C=O) groups is 1. The third-order valence-electron chi connectivity index (χ3n) is 1.91. The maximum absolute atomic E-state index is 11.1. The largest absolute Gasteiger partial charge is 0.394 e. The summed E-state index contributed by atoms with van der Waals surface area (Å²) in [6.07, 6.45) is 3.98. The molecule has 12 heavy (non-hydrogen) atoms. The van der Waals surface area contributed by atoms with E-state index in [1.165, 1.54) is 0 Å². The van der Waals surface area contributed by atoms with E-state index in [1.807, 2.05) is 0 Å². The van der Waals surface area contributed by atoms with Crippen molar-refractivity contribution in [1.82, 2.24) is 5.32 Å². The Balaban J connectivity index is 2.56. The van der Waals surface area contributed by atoms with Crippen molar-refractivity contribution in [2.24, 2.45) is 0 Å². The topological polar surface area (TPSA) is 49.3 Å². The van der Waals surface area contributed by atoms with E-state index in [0.29, 0.717) is 6.42 Å². The van der Waals surface area contributed by atoms with Crippen LogP contribution < -0.4 is 5.32 Å². The summed E-state index contributed by atoms with van der Waals surface area (Å²) < 4.78 is 0. The Labute approximate surface area is 72.5 Å². The molecule has 0 saturated carbocycles. The molecule has 1 rings (SSSR count). The lowest BCUT2D eigenvalue weighted by atomic mass is 10.0. The van der Waals surface area contributed by atoms with Crippen molar-refractivity contribution < 1.29 is 9.90 Å². The van der Waals surface area contributed by atoms with Gasteiger partial charge in [0.2, 0.25) is 0 Å². The summed E-state index contributed by atoms with van der Waals surface area (Å²) in [6.45, 7) is 2.10. The third-order valence-corrected chi connectivity index (χ3v) is 1.91. The van der Waals surface area contributed by atoms with Gasteiger partial charge in [0.25, 0.3) is 0 Å². The first kappa shape index (κ1) is 9.26. The first-order valence-electron chi connectivity index (χ1n) is 4.37. The number of rotatable bonds is 3. The molecule has 0 saturated heterocycles. The molecule has 2 N–H and O–H groups in total. The molecule has 0 fully saturated rings. The second-order valence-corrected chi connectivity index (χ2v) is 3.11. The Morgan fingerprint density at radius 1 is 1.75 bits per heavy atom. The van der Waals surface area contributed by atoms with Gasteiger partial charge in [-0.05, 0) is 6.42 Å². The minimum Gasteiger partial charge on any atom is -0.394 e. The first-order chi connectivity index (χ1) is 5.76. The normalized spacial score (nSPS) is 23.3. The molecule has 1 aliphatic heterocycles. The standard InChI is InChI=1S/C9H15NO2/c1-2-3-7-4-9(12)5-8(6-11)10-7/h4,8,10-11H,2-3,5-6H2,1H3/t8-/m1/s1. The smallest absolute Gasteiger partial charge is 0.159 e. The third kappa shape index (κ3) is 2.34. The van der Waals surface area contributed by atoms with Crippen LogP contribution >= 0.6 is 0 Å². The summed E-state index contributed by atoms with van der Waals surface area (Å²) in [6, 6.07) is -0.0657. The number of ketones is 1. The molecule has 0 amide bonds. The molecule has 0 aromatic heterocycles. The minimum atomic E-state index is -0.0657. The predicted octanol–water partition coefficient (Wildman–Crippen LogP) is 0.594. The Bertz CT molecular complexity index is 199. The van der Waals surface area contributed by atoms with Gasteiger partial charge in [0.1, 0.15) is 0 Å². The highest BCUT2D eigenvalue weighted by Gasteiger charge is 2.17. The number of nitrogens with one attached hydrogen (secondary N) is 1. The fraction of sp³-hybridized carbons (Fsp3) is 0.667. The number of allylic oxidation sites excluding steroid dienone is 2. The summed E-state index contributed by atoms with van der Waals surface area (Å²) in [7, 11) is 0. The zero-order valence-electron chi connectivity index (χ0n) is 7.34. The lowest BCUT2D eigenvalue weighted by molar-refractivity contribution is -0.115. The Kier molecular flexibility index (Phi) is 3.29. The lowest BCUT2D eigenvalue weighted by Gasteiger charge is -2.22. The number of hydrogen-bond donors (Lipinski definition) is 2. The predicted molar refractivity (Wildman–Crippen MR) is 46.6 cm³/mol. The highest BCUT2D eigenvalue weighted by Crippen LogP contribution is 2.10. The maximum Gasteiger partial charge on any atom is 0.159 e. The highest BCUT2D eigenvalue weighted by atomic mass is 16.3.